The molecule has 1 heterocycles. The van der Waals surface area contributed by atoms with Crippen LogP contribution in [0, 0.1) is 0 Å². The molecule has 0 aliphatic carbocycles. The van der Waals surface area contributed by atoms with E-state index in [4.69, 9.17) is 9.47 Å². The van der Waals surface area contributed by atoms with Crippen LogP contribution in [0.15, 0.2) is 48.5 Å². The Labute approximate surface area is 176 Å². The monoisotopic (exact) mass is 410 g/mol. The van der Waals surface area contributed by atoms with Gasteiger partial charge in [-0.3, -0.25) is 14.4 Å². The van der Waals surface area contributed by atoms with E-state index < -0.39 is 11.9 Å². The second-order valence-electron chi connectivity index (χ2n) is 7.06. The number of rotatable bonds is 9. The predicted octanol–water partition coefficient (Wildman–Crippen LogP) is 3.33. The summed E-state index contributed by atoms with van der Waals surface area (Å²) in [5.41, 5.74) is 2.51. The maximum atomic E-state index is 12.1. The summed E-state index contributed by atoms with van der Waals surface area (Å²) >= 11 is 0. The third-order valence-electron chi connectivity index (χ3n) is 4.77. The van der Waals surface area contributed by atoms with Crippen LogP contribution >= 0.6 is 0 Å². The highest BCUT2D eigenvalue weighted by molar-refractivity contribution is 5.98. The Balaban J connectivity index is 1.42. The topological polar surface area (TPSA) is 84.9 Å². The molecule has 1 N–H and O–H groups in total. The quantitative estimate of drug-likeness (QED) is 0.641. The van der Waals surface area contributed by atoms with Crippen LogP contribution in [0.3, 0.4) is 0 Å². The molecule has 1 aliphatic rings. The summed E-state index contributed by atoms with van der Waals surface area (Å²) in [6.07, 6.45) is 3.26. The number of amides is 2. The third-order valence-corrected chi connectivity index (χ3v) is 4.77. The van der Waals surface area contributed by atoms with Crippen molar-refractivity contribution in [3.8, 4) is 5.75 Å². The summed E-state index contributed by atoms with van der Waals surface area (Å²) in [4.78, 5) is 37.7. The highest BCUT2D eigenvalue weighted by Crippen LogP contribution is 2.31. The number of hydrogen-bond donors (Lipinski definition) is 1. The number of para-hydroxylation sites is 2. The van der Waals surface area contributed by atoms with Crippen molar-refractivity contribution in [2.75, 3.05) is 30.0 Å². The molecule has 0 radical (unpaired) electrons. The van der Waals surface area contributed by atoms with Crippen LogP contribution in [0.2, 0.25) is 0 Å². The van der Waals surface area contributed by atoms with Crippen molar-refractivity contribution in [3.63, 3.8) is 0 Å². The lowest BCUT2D eigenvalue weighted by molar-refractivity contribution is -0.147. The first-order valence-corrected chi connectivity index (χ1v) is 10.1. The van der Waals surface area contributed by atoms with Crippen LogP contribution < -0.4 is 15.0 Å². The molecule has 3 rings (SSSR count). The van der Waals surface area contributed by atoms with Crippen LogP contribution in [0.1, 0.15) is 31.7 Å². The number of ether oxygens (including phenoxy) is 2. The summed E-state index contributed by atoms with van der Waals surface area (Å²) in [6, 6.07) is 14.8. The molecular formula is C23H26N2O5. The van der Waals surface area contributed by atoms with E-state index in [9.17, 15) is 14.4 Å². The Kier molecular flexibility index (Phi) is 7.43. The fraction of sp³-hybridized carbons (Fsp3) is 0.348. The maximum absolute atomic E-state index is 12.1. The first-order chi connectivity index (χ1) is 14.6. The zero-order valence-corrected chi connectivity index (χ0v) is 17.1. The van der Waals surface area contributed by atoms with Crippen molar-refractivity contribution in [3.05, 3.63) is 54.1 Å². The van der Waals surface area contributed by atoms with Gasteiger partial charge in [-0.05, 0) is 42.7 Å². The Morgan fingerprint density at radius 3 is 2.67 bits per heavy atom. The highest BCUT2D eigenvalue weighted by Gasteiger charge is 2.25. The van der Waals surface area contributed by atoms with Gasteiger partial charge < -0.3 is 19.7 Å². The van der Waals surface area contributed by atoms with E-state index >= 15 is 0 Å². The number of carbonyl (C=O) groups is 3. The van der Waals surface area contributed by atoms with E-state index in [0.29, 0.717) is 17.1 Å². The standard InChI is InChI=1S/C23H26N2O5/c1-2-3-6-17-9-11-18(12-10-17)24-21(26)15-30-23(28)13-14-25-19-7-4-5-8-20(19)29-16-22(25)27/h4-5,7-12H,2-3,6,13-16H2,1H3,(H,24,26). The van der Waals surface area contributed by atoms with Gasteiger partial charge in [0.15, 0.2) is 13.2 Å². The SMILES string of the molecule is CCCCc1ccc(NC(=O)COC(=O)CCN2C(=O)COc3ccccc32)cc1. The summed E-state index contributed by atoms with van der Waals surface area (Å²) in [7, 11) is 0. The summed E-state index contributed by atoms with van der Waals surface area (Å²) < 4.78 is 10.4. The minimum atomic E-state index is -0.545. The molecule has 0 saturated heterocycles. The van der Waals surface area contributed by atoms with Crippen LogP contribution in [-0.4, -0.2) is 37.5 Å². The average Bonchev–Trinajstić information content (AvgIpc) is 2.76. The van der Waals surface area contributed by atoms with Crippen molar-refractivity contribution in [2.24, 2.45) is 0 Å². The Bertz CT molecular complexity index is 895. The van der Waals surface area contributed by atoms with Crippen LogP contribution in [0.25, 0.3) is 0 Å². The number of aryl methyl sites for hydroxylation is 1. The van der Waals surface area contributed by atoms with Gasteiger partial charge in [0.2, 0.25) is 0 Å². The fourth-order valence-electron chi connectivity index (χ4n) is 3.15. The molecule has 30 heavy (non-hydrogen) atoms. The van der Waals surface area contributed by atoms with Gasteiger partial charge in [-0.25, -0.2) is 0 Å². The molecule has 0 bridgehead atoms. The van der Waals surface area contributed by atoms with Gasteiger partial charge in [0.1, 0.15) is 5.75 Å². The molecule has 0 spiro atoms. The molecule has 1 aliphatic heterocycles. The van der Waals surface area contributed by atoms with Crippen LogP contribution in [0.4, 0.5) is 11.4 Å². The average molecular weight is 410 g/mol. The van der Waals surface area contributed by atoms with Gasteiger partial charge in [-0.1, -0.05) is 37.6 Å². The van der Waals surface area contributed by atoms with E-state index in [0.717, 1.165) is 19.3 Å². The molecular weight excluding hydrogens is 384 g/mol. The molecule has 7 heteroatoms. The number of unbranched alkanes of at least 4 members (excludes halogenated alkanes) is 1. The number of nitrogens with zero attached hydrogens (tertiary/aromatic N) is 1. The molecule has 2 amide bonds. The molecule has 7 nitrogen and oxygen atoms in total. The van der Waals surface area contributed by atoms with E-state index in [1.807, 2.05) is 30.3 Å². The lowest BCUT2D eigenvalue weighted by atomic mass is 10.1. The van der Waals surface area contributed by atoms with E-state index in [1.54, 1.807) is 18.2 Å². The second kappa shape index (κ2) is 10.4. The van der Waals surface area contributed by atoms with E-state index in [2.05, 4.69) is 12.2 Å². The van der Waals surface area contributed by atoms with Crippen molar-refractivity contribution < 1.29 is 23.9 Å². The number of carbonyl (C=O) groups excluding carboxylic acids is 3. The Hall–Kier alpha value is -3.35. The number of benzene rings is 2. The Morgan fingerprint density at radius 1 is 1.13 bits per heavy atom. The predicted molar refractivity (Wildman–Crippen MR) is 114 cm³/mol. The number of anilines is 2. The minimum absolute atomic E-state index is 0.0144. The van der Waals surface area contributed by atoms with Crippen LogP contribution in [0.5, 0.6) is 5.75 Å². The zero-order chi connectivity index (χ0) is 21.3. The zero-order valence-electron chi connectivity index (χ0n) is 17.1. The number of fused-ring (bicyclic) bond motifs is 1. The first kappa shape index (κ1) is 21.4. The number of esters is 1. The molecule has 0 aromatic heterocycles. The summed E-state index contributed by atoms with van der Waals surface area (Å²) in [6.45, 7) is 1.88. The summed E-state index contributed by atoms with van der Waals surface area (Å²) in [5, 5.41) is 2.71. The molecule has 0 atom stereocenters. The second-order valence-corrected chi connectivity index (χ2v) is 7.06. The maximum Gasteiger partial charge on any atom is 0.308 e. The molecule has 0 saturated carbocycles. The van der Waals surface area contributed by atoms with Crippen molar-refractivity contribution >= 4 is 29.2 Å². The molecule has 2 aromatic carbocycles. The van der Waals surface area contributed by atoms with Gasteiger partial charge in [-0.2, -0.15) is 0 Å². The molecule has 2 aromatic rings. The van der Waals surface area contributed by atoms with Gasteiger partial charge in [0.25, 0.3) is 11.8 Å². The van der Waals surface area contributed by atoms with Crippen molar-refractivity contribution in [1.29, 1.82) is 0 Å². The summed E-state index contributed by atoms with van der Waals surface area (Å²) in [5.74, 6) is -0.568. The number of nitrogens with one attached hydrogen (secondary N) is 1. The first-order valence-electron chi connectivity index (χ1n) is 10.1. The van der Waals surface area contributed by atoms with Gasteiger partial charge in [0, 0.05) is 12.2 Å². The lowest BCUT2D eigenvalue weighted by Crippen LogP contribution is -2.40. The van der Waals surface area contributed by atoms with Crippen molar-refractivity contribution in [2.45, 2.75) is 32.6 Å². The van der Waals surface area contributed by atoms with Gasteiger partial charge >= 0.3 is 5.97 Å². The van der Waals surface area contributed by atoms with E-state index in [1.165, 1.54) is 10.5 Å². The highest BCUT2D eigenvalue weighted by atomic mass is 16.5. The Morgan fingerprint density at radius 2 is 1.90 bits per heavy atom. The lowest BCUT2D eigenvalue weighted by Gasteiger charge is -2.28. The minimum Gasteiger partial charge on any atom is -0.482 e. The smallest absolute Gasteiger partial charge is 0.308 e. The van der Waals surface area contributed by atoms with Crippen molar-refractivity contribution in [1.82, 2.24) is 0 Å². The van der Waals surface area contributed by atoms with Gasteiger partial charge in [-0.15, -0.1) is 0 Å². The molecule has 158 valence electrons. The number of hydrogen-bond acceptors (Lipinski definition) is 5. The van der Waals surface area contributed by atoms with Crippen LogP contribution in [-0.2, 0) is 25.5 Å². The molecule has 0 unspecified atom stereocenters. The molecule has 0 fully saturated rings. The normalized spacial score (nSPS) is 12.7. The fourth-order valence-corrected chi connectivity index (χ4v) is 3.15. The van der Waals surface area contributed by atoms with Gasteiger partial charge in [0.05, 0.1) is 12.1 Å². The third kappa shape index (κ3) is 5.83. The largest absolute Gasteiger partial charge is 0.482 e. The van der Waals surface area contributed by atoms with E-state index in [-0.39, 0.29) is 32.1 Å².